The molecular weight excluding hydrogens is 234 g/mol. The van der Waals surface area contributed by atoms with Gasteiger partial charge in [-0.1, -0.05) is 37.1 Å². The number of guanidine groups is 1. The van der Waals surface area contributed by atoms with Crippen LogP contribution in [0.25, 0.3) is 0 Å². The molecule has 104 valence electrons. The summed E-state index contributed by atoms with van der Waals surface area (Å²) in [5, 5.41) is 0. The number of aryl methyl sites for hydroxylation is 1. The molecule has 19 heavy (non-hydrogen) atoms. The van der Waals surface area contributed by atoms with Crippen LogP contribution in [0.5, 0.6) is 0 Å². The van der Waals surface area contributed by atoms with E-state index in [1.165, 1.54) is 36.8 Å². The molecule has 2 N–H and O–H groups in total. The number of hydrogen-bond acceptors (Lipinski definition) is 1. The summed E-state index contributed by atoms with van der Waals surface area (Å²) in [6.07, 6.45) is 6.11. The molecule has 0 aromatic heterocycles. The van der Waals surface area contributed by atoms with E-state index in [1.54, 1.807) is 0 Å². The lowest BCUT2D eigenvalue weighted by Gasteiger charge is -2.21. The van der Waals surface area contributed by atoms with Crippen LogP contribution in [-0.2, 0) is 6.42 Å². The highest BCUT2D eigenvalue weighted by Crippen LogP contribution is 2.10. The highest BCUT2D eigenvalue weighted by molar-refractivity contribution is 5.78. The van der Waals surface area contributed by atoms with Gasteiger partial charge in [-0.05, 0) is 37.3 Å². The van der Waals surface area contributed by atoms with Gasteiger partial charge in [0, 0.05) is 19.6 Å². The van der Waals surface area contributed by atoms with E-state index >= 15 is 0 Å². The Morgan fingerprint density at radius 1 is 1.16 bits per heavy atom. The number of likely N-dealkylation sites (tertiary alicyclic amines) is 1. The lowest BCUT2D eigenvalue weighted by molar-refractivity contribution is 0.428. The van der Waals surface area contributed by atoms with E-state index in [4.69, 9.17) is 5.73 Å². The smallest absolute Gasteiger partial charge is 0.191 e. The van der Waals surface area contributed by atoms with Crippen molar-refractivity contribution < 1.29 is 0 Å². The van der Waals surface area contributed by atoms with Crippen molar-refractivity contribution in [2.45, 2.75) is 39.0 Å². The van der Waals surface area contributed by atoms with E-state index in [0.717, 1.165) is 32.0 Å². The third-order valence-corrected chi connectivity index (χ3v) is 3.85. The van der Waals surface area contributed by atoms with Gasteiger partial charge in [-0.25, -0.2) is 0 Å². The minimum absolute atomic E-state index is 0.732. The molecule has 1 heterocycles. The van der Waals surface area contributed by atoms with Gasteiger partial charge in [0.15, 0.2) is 5.96 Å². The lowest BCUT2D eigenvalue weighted by atomic mass is 10.1. The first-order chi connectivity index (χ1) is 9.27. The molecule has 0 saturated carbocycles. The fourth-order valence-corrected chi connectivity index (χ4v) is 2.58. The first kappa shape index (κ1) is 13.9. The average molecular weight is 259 g/mol. The summed E-state index contributed by atoms with van der Waals surface area (Å²) in [6.45, 7) is 5.07. The Hall–Kier alpha value is -1.51. The van der Waals surface area contributed by atoms with Crippen molar-refractivity contribution in [3.63, 3.8) is 0 Å². The van der Waals surface area contributed by atoms with Crippen molar-refractivity contribution >= 4 is 5.96 Å². The molecule has 0 amide bonds. The molecule has 0 atom stereocenters. The summed E-state index contributed by atoms with van der Waals surface area (Å²) in [4.78, 5) is 6.79. The molecule has 3 heteroatoms. The molecule has 0 aliphatic carbocycles. The molecule has 1 aromatic carbocycles. The Morgan fingerprint density at radius 2 is 1.84 bits per heavy atom. The second-order valence-corrected chi connectivity index (χ2v) is 5.32. The fourth-order valence-electron chi connectivity index (χ4n) is 2.58. The van der Waals surface area contributed by atoms with E-state index in [1.807, 2.05) is 0 Å². The van der Waals surface area contributed by atoms with Crippen molar-refractivity contribution in [3.8, 4) is 0 Å². The van der Waals surface area contributed by atoms with Crippen LogP contribution in [0.3, 0.4) is 0 Å². The SMILES string of the molecule is Cc1ccccc1CCN=C(N)N1CCCCCC1. The summed E-state index contributed by atoms with van der Waals surface area (Å²) in [5.74, 6) is 0.732. The van der Waals surface area contributed by atoms with E-state index in [9.17, 15) is 0 Å². The molecule has 3 nitrogen and oxygen atoms in total. The number of rotatable bonds is 3. The van der Waals surface area contributed by atoms with Gasteiger partial charge in [0.25, 0.3) is 0 Å². The standard InChI is InChI=1S/C16H25N3/c1-14-8-4-5-9-15(14)10-11-18-16(17)19-12-6-2-3-7-13-19/h4-5,8-9H,2-3,6-7,10-13H2,1H3,(H2,17,18). The molecule has 0 unspecified atom stereocenters. The predicted octanol–water partition coefficient (Wildman–Crippen LogP) is 2.73. The number of nitrogens with two attached hydrogens (primary N) is 1. The first-order valence-corrected chi connectivity index (χ1v) is 7.37. The van der Waals surface area contributed by atoms with Crippen LogP contribution >= 0.6 is 0 Å². The molecule has 2 rings (SSSR count). The van der Waals surface area contributed by atoms with E-state index in [2.05, 4.69) is 41.1 Å². The quantitative estimate of drug-likeness (QED) is 0.670. The zero-order valence-corrected chi connectivity index (χ0v) is 11.9. The average Bonchev–Trinajstić information content (AvgIpc) is 2.70. The summed E-state index contributed by atoms with van der Waals surface area (Å²) in [5.41, 5.74) is 8.81. The normalized spacial score (nSPS) is 17.3. The van der Waals surface area contributed by atoms with Crippen molar-refractivity contribution in [2.24, 2.45) is 10.7 Å². The van der Waals surface area contributed by atoms with Gasteiger partial charge in [0.05, 0.1) is 0 Å². The van der Waals surface area contributed by atoms with Crippen molar-refractivity contribution in [2.75, 3.05) is 19.6 Å². The summed E-state index contributed by atoms with van der Waals surface area (Å²) in [7, 11) is 0. The zero-order valence-electron chi connectivity index (χ0n) is 11.9. The molecule has 0 bridgehead atoms. The monoisotopic (exact) mass is 259 g/mol. The summed E-state index contributed by atoms with van der Waals surface area (Å²) >= 11 is 0. The number of aliphatic imine (C=N–C) groups is 1. The zero-order chi connectivity index (χ0) is 13.5. The van der Waals surface area contributed by atoms with Crippen molar-refractivity contribution in [1.82, 2.24) is 4.90 Å². The van der Waals surface area contributed by atoms with E-state index < -0.39 is 0 Å². The second-order valence-electron chi connectivity index (χ2n) is 5.32. The third-order valence-electron chi connectivity index (χ3n) is 3.85. The molecule has 0 radical (unpaired) electrons. The maximum absolute atomic E-state index is 6.10. The van der Waals surface area contributed by atoms with E-state index in [-0.39, 0.29) is 0 Å². The largest absolute Gasteiger partial charge is 0.370 e. The molecule has 1 aliphatic rings. The highest BCUT2D eigenvalue weighted by atomic mass is 15.2. The Balaban J connectivity index is 1.86. The molecular formula is C16H25N3. The van der Waals surface area contributed by atoms with Crippen molar-refractivity contribution in [3.05, 3.63) is 35.4 Å². The highest BCUT2D eigenvalue weighted by Gasteiger charge is 2.10. The first-order valence-electron chi connectivity index (χ1n) is 7.37. The van der Waals surface area contributed by atoms with Crippen LogP contribution in [0.4, 0.5) is 0 Å². The fraction of sp³-hybridized carbons (Fsp3) is 0.562. The Morgan fingerprint density at radius 3 is 2.53 bits per heavy atom. The Kier molecular flexibility index (Phi) is 5.25. The minimum atomic E-state index is 0.732. The Labute approximate surface area is 116 Å². The third kappa shape index (κ3) is 4.27. The lowest BCUT2D eigenvalue weighted by Crippen LogP contribution is -2.38. The van der Waals surface area contributed by atoms with Crippen LogP contribution in [0.15, 0.2) is 29.3 Å². The number of benzene rings is 1. The van der Waals surface area contributed by atoms with Gasteiger partial charge >= 0.3 is 0 Å². The Bertz CT molecular complexity index is 418. The second kappa shape index (κ2) is 7.17. The molecule has 1 aliphatic heterocycles. The van der Waals surface area contributed by atoms with E-state index in [0.29, 0.717) is 0 Å². The topological polar surface area (TPSA) is 41.6 Å². The van der Waals surface area contributed by atoms with Crippen LogP contribution in [0.1, 0.15) is 36.8 Å². The molecule has 1 saturated heterocycles. The number of nitrogens with zero attached hydrogens (tertiary/aromatic N) is 2. The molecule has 1 fully saturated rings. The van der Waals surface area contributed by atoms with Gasteiger partial charge < -0.3 is 10.6 Å². The molecule has 1 aromatic rings. The van der Waals surface area contributed by atoms with Crippen LogP contribution in [0.2, 0.25) is 0 Å². The van der Waals surface area contributed by atoms with Gasteiger partial charge in [0.1, 0.15) is 0 Å². The van der Waals surface area contributed by atoms with Gasteiger partial charge in [0.2, 0.25) is 0 Å². The van der Waals surface area contributed by atoms with Gasteiger partial charge in [-0.2, -0.15) is 0 Å². The predicted molar refractivity (Wildman–Crippen MR) is 81.4 cm³/mol. The minimum Gasteiger partial charge on any atom is -0.370 e. The molecule has 0 spiro atoms. The van der Waals surface area contributed by atoms with Crippen LogP contribution < -0.4 is 5.73 Å². The van der Waals surface area contributed by atoms with Gasteiger partial charge in [-0.15, -0.1) is 0 Å². The maximum atomic E-state index is 6.10. The summed E-state index contributed by atoms with van der Waals surface area (Å²) < 4.78 is 0. The van der Waals surface area contributed by atoms with Crippen LogP contribution in [-0.4, -0.2) is 30.5 Å². The van der Waals surface area contributed by atoms with Crippen molar-refractivity contribution in [1.29, 1.82) is 0 Å². The summed E-state index contributed by atoms with van der Waals surface area (Å²) in [6, 6.07) is 8.49. The van der Waals surface area contributed by atoms with Gasteiger partial charge in [-0.3, -0.25) is 4.99 Å². The maximum Gasteiger partial charge on any atom is 0.191 e. The number of hydrogen-bond donors (Lipinski definition) is 1. The van der Waals surface area contributed by atoms with Crippen LogP contribution in [0, 0.1) is 6.92 Å².